The summed E-state index contributed by atoms with van der Waals surface area (Å²) in [6.45, 7) is 2.59. The lowest BCUT2D eigenvalue weighted by atomic mass is 10.2. The Morgan fingerprint density at radius 1 is 1.20 bits per heavy atom. The zero-order valence-electron chi connectivity index (χ0n) is 16.1. The molecule has 7 nitrogen and oxygen atoms in total. The lowest BCUT2D eigenvalue weighted by molar-refractivity contribution is 0.102. The highest BCUT2D eigenvalue weighted by atomic mass is 79.9. The molecule has 30 heavy (non-hydrogen) atoms. The molecule has 0 aliphatic heterocycles. The van der Waals surface area contributed by atoms with E-state index in [9.17, 15) is 13.2 Å². The van der Waals surface area contributed by atoms with Crippen LogP contribution in [0.5, 0.6) is 5.75 Å². The predicted molar refractivity (Wildman–Crippen MR) is 122 cm³/mol. The summed E-state index contributed by atoms with van der Waals surface area (Å²) in [4.78, 5) is 16.7. The fraction of sp³-hybridized carbons (Fsp3) is 0.200. The molecule has 0 aliphatic rings. The minimum absolute atomic E-state index is 0.0711. The van der Waals surface area contributed by atoms with E-state index in [1.54, 1.807) is 17.5 Å². The third-order valence-corrected chi connectivity index (χ3v) is 6.68. The molecular formula is C20H20BrN3O4S2. The van der Waals surface area contributed by atoms with E-state index >= 15 is 0 Å². The molecule has 1 amide bonds. The van der Waals surface area contributed by atoms with Crippen molar-refractivity contribution >= 4 is 54.0 Å². The first kappa shape index (κ1) is 22.3. The fourth-order valence-electron chi connectivity index (χ4n) is 2.50. The Kier molecular flexibility index (Phi) is 7.46. The highest BCUT2D eigenvalue weighted by Gasteiger charge is 2.17. The van der Waals surface area contributed by atoms with E-state index in [2.05, 4.69) is 37.9 Å². The summed E-state index contributed by atoms with van der Waals surface area (Å²) in [5, 5.41) is 4.74. The van der Waals surface area contributed by atoms with Gasteiger partial charge in [0.05, 0.1) is 17.1 Å². The Morgan fingerprint density at radius 2 is 1.97 bits per heavy atom. The molecule has 2 aromatic carbocycles. The van der Waals surface area contributed by atoms with Crippen LogP contribution in [-0.4, -0.2) is 25.9 Å². The van der Waals surface area contributed by atoms with Gasteiger partial charge >= 0.3 is 0 Å². The van der Waals surface area contributed by atoms with Gasteiger partial charge in [0, 0.05) is 21.7 Å². The second-order valence-corrected chi connectivity index (χ2v) is 9.76. The molecule has 0 saturated heterocycles. The molecule has 0 aliphatic carbocycles. The van der Waals surface area contributed by atoms with Gasteiger partial charge in [-0.15, -0.1) is 11.3 Å². The zero-order valence-corrected chi connectivity index (χ0v) is 19.3. The van der Waals surface area contributed by atoms with Gasteiger partial charge in [-0.05, 0) is 48.9 Å². The Balaban J connectivity index is 1.72. The van der Waals surface area contributed by atoms with Gasteiger partial charge in [-0.1, -0.05) is 29.3 Å². The maximum atomic E-state index is 12.8. The monoisotopic (exact) mass is 509 g/mol. The topological polar surface area (TPSA) is 97.4 Å². The summed E-state index contributed by atoms with van der Waals surface area (Å²) < 4.78 is 33.7. The van der Waals surface area contributed by atoms with Crippen LogP contribution in [0.2, 0.25) is 0 Å². The van der Waals surface area contributed by atoms with E-state index in [-0.39, 0.29) is 15.9 Å². The van der Waals surface area contributed by atoms with Crippen molar-refractivity contribution in [1.29, 1.82) is 0 Å². The number of rotatable bonds is 9. The van der Waals surface area contributed by atoms with E-state index < -0.39 is 10.0 Å². The van der Waals surface area contributed by atoms with Gasteiger partial charge in [0.2, 0.25) is 0 Å². The Labute approximate surface area is 187 Å². The summed E-state index contributed by atoms with van der Waals surface area (Å²) in [6.07, 6.45) is 3.40. The summed E-state index contributed by atoms with van der Waals surface area (Å²) in [7, 11) is -3.75. The summed E-state index contributed by atoms with van der Waals surface area (Å²) >= 11 is 4.56. The van der Waals surface area contributed by atoms with Gasteiger partial charge in [-0.3, -0.25) is 9.52 Å². The third-order valence-electron chi connectivity index (χ3n) is 4.02. The average molecular weight is 510 g/mol. The molecule has 2 N–H and O–H groups in total. The van der Waals surface area contributed by atoms with Crippen LogP contribution in [-0.2, 0) is 10.0 Å². The summed E-state index contributed by atoms with van der Waals surface area (Å²) in [5.74, 6) is 0.148. The Bertz CT molecular complexity index is 1100. The van der Waals surface area contributed by atoms with E-state index in [4.69, 9.17) is 4.74 Å². The van der Waals surface area contributed by atoms with Gasteiger partial charge < -0.3 is 10.1 Å². The number of unbranched alkanes of at least 4 members (excludes halogenated alkanes) is 1. The number of amides is 1. The molecule has 0 atom stereocenters. The van der Waals surface area contributed by atoms with E-state index in [1.165, 1.54) is 41.8 Å². The predicted octanol–water partition coefficient (Wildman–Crippen LogP) is 5.14. The van der Waals surface area contributed by atoms with Gasteiger partial charge in [0.1, 0.15) is 5.75 Å². The number of anilines is 2. The number of benzene rings is 2. The molecule has 3 aromatic rings. The fourth-order valence-corrected chi connectivity index (χ4v) is 4.65. The van der Waals surface area contributed by atoms with Crippen LogP contribution in [0.4, 0.5) is 10.8 Å². The molecular weight excluding hydrogens is 490 g/mol. The van der Waals surface area contributed by atoms with Crippen molar-refractivity contribution in [1.82, 2.24) is 4.98 Å². The molecule has 1 aromatic heterocycles. The molecule has 158 valence electrons. The van der Waals surface area contributed by atoms with Crippen LogP contribution < -0.4 is 14.8 Å². The Hall–Kier alpha value is -2.43. The average Bonchev–Trinajstić information content (AvgIpc) is 3.22. The first-order valence-corrected chi connectivity index (χ1v) is 12.3. The maximum absolute atomic E-state index is 12.8. The highest BCUT2D eigenvalue weighted by Crippen LogP contribution is 2.25. The lowest BCUT2D eigenvalue weighted by Crippen LogP contribution is -2.15. The number of hydrogen-bond donors (Lipinski definition) is 2. The van der Waals surface area contributed by atoms with Crippen molar-refractivity contribution in [2.45, 2.75) is 24.7 Å². The quantitative estimate of drug-likeness (QED) is 0.389. The van der Waals surface area contributed by atoms with Gasteiger partial charge in [-0.2, -0.15) is 0 Å². The number of carbonyl (C=O) groups is 1. The zero-order chi connectivity index (χ0) is 21.6. The summed E-state index contributed by atoms with van der Waals surface area (Å²) in [6, 6.07) is 11.2. The number of nitrogens with zero attached hydrogens (tertiary/aromatic N) is 1. The minimum Gasteiger partial charge on any atom is -0.493 e. The Morgan fingerprint density at radius 3 is 2.63 bits per heavy atom. The van der Waals surface area contributed by atoms with E-state index in [0.717, 1.165) is 17.3 Å². The number of thiazole rings is 1. The molecule has 0 unspecified atom stereocenters. The van der Waals surface area contributed by atoms with Crippen molar-refractivity contribution < 1.29 is 17.9 Å². The number of hydrogen-bond acceptors (Lipinski definition) is 6. The molecule has 3 rings (SSSR count). The number of sulfonamides is 1. The smallest absolute Gasteiger partial charge is 0.263 e. The van der Waals surface area contributed by atoms with Crippen LogP contribution in [0.3, 0.4) is 0 Å². The normalized spacial score (nSPS) is 11.1. The lowest BCUT2D eigenvalue weighted by Gasteiger charge is -2.12. The van der Waals surface area contributed by atoms with Crippen molar-refractivity contribution in [3.63, 3.8) is 0 Å². The van der Waals surface area contributed by atoms with Crippen LogP contribution in [0.25, 0.3) is 0 Å². The molecule has 0 spiro atoms. The number of halogens is 1. The first-order valence-electron chi connectivity index (χ1n) is 9.15. The van der Waals surface area contributed by atoms with Crippen LogP contribution >= 0.6 is 27.3 Å². The van der Waals surface area contributed by atoms with Crippen molar-refractivity contribution in [3.8, 4) is 5.75 Å². The molecule has 0 fully saturated rings. The third kappa shape index (κ3) is 5.80. The van der Waals surface area contributed by atoms with E-state index in [1.807, 2.05) is 6.07 Å². The van der Waals surface area contributed by atoms with E-state index in [0.29, 0.717) is 23.6 Å². The second kappa shape index (κ2) is 10.1. The van der Waals surface area contributed by atoms with Crippen molar-refractivity contribution in [3.05, 3.63) is 64.1 Å². The minimum atomic E-state index is -3.75. The number of nitrogens with one attached hydrogen (secondary N) is 2. The number of carbonyl (C=O) groups excluding carboxylic acids is 1. The van der Waals surface area contributed by atoms with Gasteiger partial charge in [0.25, 0.3) is 15.9 Å². The SMILES string of the molecule is CCCCOc1ccc(Br)cc1C(=O)Nc1ccc(S(=O)(=O)Nc2nccs2)cc1. The van der Waals surface area contributed by atoms with Crippen molar-refractivity contribution in [2.24, 2.45) is 0 Å². The number of ether oxygens (including phenoxy) is 1. The largest absolute Gasteiger partial charge is 0.493 e. The van der Waals surface area contributed by atoms with Crippen LogP contribution in [0.15, 0.2) is 63.4 Å². The second-order valence-electron chi connectivity index (χ2n) is 6.26. The molecule has 0 radical (unpaired) electrons. The molecule has 0 bridgehead atoms. The van der Waals surface area contributed by atoms with Crippen LogP contribution in [0, 0.1) is 0 Å². The molecule has 10 heteroatoms. The van der Waals surface area contributed by atoms with Gasteiger partial charge in [0.15, 0.2) is 5.13 Å². The standard InChI is InChI=1S/C20H20BrN3O4S2/c1-2-3-11-28-18-9-4-14(21)13-17(18)19(25)23-15-5-7-16(8-6-15)30(26,27)24-20-22-10-12-29-20/h4-10,12-13H,2-3,11H2,1H3,(H,22,24)(H,23,25). The molecule has 0 saturated carbocycles. The first-order chi connectivity index (χ1) is 14.4. The van der Waals surface area contributed by atoms with Crippen molar-refractivity contribution in [2.75, 3.05) is 16.6 Å². The van der Waals surface area contributed by atoms with Crippen LogP contribution in [0.1, 0.15) is 30.1 Å². The highest BCUT2D eigenvalue weighted by molar-refractivity contribution is 9.10. The van der Waals surface area contributed by atoms with Gasteiger partial charge in [-0.25, -0.2) is 13.4 Å². The summed E-state index contributed by atoms with van der Waals surface area (Å²) in [5.41, 5.74) is 0.857. The number of aromatic nitrogens is 1. The maximum Gasteiger partial charge on any atom is 0.263 e. The molecule has 1 heterocycles.